The van der Waals surface area contributed by atoms with E-state index in [0.717, 1.165) is 9.67 Å². The van der Waals surface area contributed by atoms with Crippen LogP contribution in [0.4, 0.5) is 0 Å². The predicted molar refractivity (Wildman–Crippen MR) is 85.7 cm³/mol. The first-order chi connectivity index (χ1) is 9.75. The first kappa shape index (κ1) is 20.6. The fraction of sp³-hybridized carbons (Fsp3) is 0.529. The van der Waals surface area contributed by atoms with Crippen LogP contribution in [0.5, 0.6) is 0 Å². The minimum absolute atomic E-state index is 0. The van der Waals surface area contributed by atoms with E-state index in [0.29, 0.717) is 0 Å². The number of fused-ring (bicyclic) bond motifs is 1. The molecule has 0 bridgehead atoms. The van der Waals surface area contributed by atoms with Gasteiger partial charge in [0.15, 0.2) is 0 Å². The number of hydrogen-bond donors (Lipinski definition) is 1. The molecule has 120 valence electrons. The van der Waals surface area contributed by atoms with Crippen molar-refractivity contribution in [1.29, 1.82) is 0 Å². The Balaban J connectivity index is 0.00000121. The van der Waals surface area contributed by atoms with E-state index in [4.69, 9.17) is 0 Å². The van der Waals surface area contributed by atoms with Gasteiger partial charge in [0.1, 0.15) is 0 Å². The average Bonchev–Trinajstić information content (AvgIpc) is 2.89. The third kappa shape index (κ3) is 4.80. The number of benzene rings is 1. The fourth-order valence-corrected chi connectivity index (χ4v) is 18.2. The van der Waals surface area contributed by atoms with Crippen molar-refractivity contribution in [2.45, 2.75) is 54.9 Å². The molecule has 5 heteroatoms. The van der Waals surface area contributed by atoms with E-state index in [1.807, 2.05) is 0 Å². The molecular weight excluding hydrogens is 408 g/mol. The van der Waals surface area contributed by atoms with E-state index in [1.165, 1.54) is 37.7 Å². The molecule has 1 nitrogen and oxygen atoms in total. The Kier molecular flexibility index (Phi) is 9.19. The van der Waals surface area contributed by atoms with Gasteiger partial charge in [-0.25, -0.2) is 0 Å². The summed E-state index contributed by atoms with van der Waals surface area (Å²) in [6.45, 7) is 5.09. The predicted octanol–water partition coefficient (Wildman–Crippen LogP) is -1.53. The van der Waals surface area contributed by atoms with Gasteiger partial charge in [-0.05, 0) is 0 Å². The SMILES string of the molecule is C[Si](C)=[Zr+2]([NH]C1CCCCC1)[CH]1C=Cc2ccccc21.[Cl-].[Cl-]. The summed E-state index contributed by atoms with van der Waals surface area (Å²) < 4.78 is 5.02. The Labute approximate surface area is 155 Å². The first-order valence-electron chi connectivity index (χ1n) is 7.97. The minimum Gasteiger partial charge on any atom is -1.00 e. The van der Waals surface area contributed by atoms with Crippen LogP contribution in [0.2, 0.25) is 13.1 Å². The molecule has 22 heavy (non-hydrogen) atoms. The van der Waals surface area contributed by atoms with Gasteiger partial charge in [-0.2, -0.15) is 0 Å². The average molecular weight is 434 g/mol. The summed E-state index contributed by atoms with van der Waals surface area (Å²) in [5.41, 5.74) is 2.94. The molecule has 3 rings (SSSR count). The van der Waals surface area contributed by atoms with E-state index in [-0.39, 0.29) is 30.2 Å². The van der Waals surface area contributed by atoms with Gasteiger partial charge in [0, 0.05) is 0 Å². The van der Waals surface area contributed by atoms with E-state index in [9.17, 15) is 0 Å². The summed E-state index contributed by atoms with van der Waals surface area (Å²) in [5, 5.41) is 0. The van der Waals surface area contributed by atoms with E-state index >= 15 is 0 Å². The molecular formula is C17H25Cl2NSiZr. The fourth-order valence-electron chi connectivity index (χ4n) is 3.51. The number of halogens is 2. The number of nitrogens with one attached hydrogen (secondary N) is 1. The van der Waals surface area contributed by atoms with Gasteiger partial charge in [-0.3, -0.25) is 0 Å². The van der Waals surface area contributed by atoms with Gasteiger partial charge >= 0.3 is 132 Å². The second-order valence-corrected chi connectivity index (χ2v) is 23.2. The van der Waals surface area contributed by atoms with Gasteiger partial charge in [-0.1, -0.05) is 0 Å². The Morgan fingerprint density at radius 1 is 1.05 bits per heavy atom. The maximum Gasteiger partial charge on any atom is -1.00 e. The summed E-state index contributed by atoms with van der Waals surface area (Å²) in [5.74, 6) is 0. The van der Waals surface area contributed by atoms with Crippen LogP contribution in [-0.2, 0) is 20.7 Å². The summed E-state index contributed by atoms with van der Waals surface area (Å²) in [4.78, 5) is 0. The zero-order valence-electron chi connectivity index (χ0n) is 13.4. The molecule has 0 amide bonds. The second-order valence-electron chi connectivity index (χ2n) is 6.36. The zero-order chi connectivity index (χ0) is 13.9. The molecule has 0 aliphatic heterocycles. The monoisotopic (exact) mass is 431 g/mol. The maximum atomic E-state index is 4.23. The maximum absolute atomic E-state index is 4.23. The Morgan fingerprint density at radius 2 is 1.73 bits per heavy atom. The molecule has 1 aromatic carbocycles. The molecule has 1 N–H and O–H groups in total. The normalized spacial score (nSPS) is 19.4. The number of rotatable bonds is 3. The Morgan fingerprint density at radius 3 is 2.41 bits per heavy atom. The minimum atomic E-state index is -1.56. The quantitative estimate of drug-likeness (QED) is 0.571. The molecule has 1 atom stereocenters. The van der Waals surface area contributed by atoms with Crippen LogP contribution in [0.3, 0.4) is 0 Å². The van der Waals surface area contributed by atoms with Crippen molar-refractivity contribution < 1.29 is 45.5 Å². The molecule has 0 saturated heterocycles. The van der Waals surface area contributed by atoms with Crippen molar-refractivity contribution in [1.82, 2.24) is 3.26 Å². The third-order valence-electron chi connectivity index (χ3n) is 4.61. The van der Waals surface area contributed by atoms with Crippen molar-refractivity contribution in [2.75, 3.05) is 0 Å². The molecule has 0 spiro atoms. The summed E-state index contributed by atoms with van der Waals surface area (Å²) >= 11 is -1.56. The third-order valence-corrected chi connectivity index (χ3v) is 20.9. The van der Waals surface area contributed by atoms with Crippen LogP contribution in [0, 0.1) is 0 Å². The smallest absolute Gasteiger partial charge is 1.00 e. The van der Waals surface area contributed by atoms with Crippen LogP contribution in [-0.4, -0.2) is 11.5 Å². The summed E-state index contributed by atoms with van der Waals surface area (Å²) in [7, 11) is 0. The molecule has 2 aliphatic rings. The van der Waals surface area contributed by atoms with Gasteiger partial charge in [0.2, 0.25) is 0 Å². The molecule has 1 saturated carbocycles. The standard InChI is InChI=1S/C9H7.C6H12N.C2H6Si.2ClH.Zr/c1-2-5-9-7-3-6-8(9)4-1;7-6-4-2-1-3-5-6;1-3-2;;;/h1-7H;6-7H,1-5H2;1-2H3;2*1H;/q;-1;;;;+3/p-2. The van der Waals surface area contributed by atoms with Crippen molar-refractivity contribution in [3.8, 4) is 0 Å². The number of allylic oxidation sites excluding steroid dienone is 1. The van der Waals surface area contributed by atoms with Crippen molar-refractivity contribution >= 4 is 11.5 Å². The second kappa shape index (κ2) is 9.79. The van der Waals surface area contributed by atoms with Gasteiger partial charge in [0.25, 0.3) is 0 Å². The van der Waals surface area contributed by atoms with Crippen LogP contribution in [0.15, 0.2) is 30.3 Å². The Bertz CT molecular complexity index is 549. The summed E-state index contributed by atoms with van der Waals surface area (Å²) in [6, 6.07) is 9.89. The van der Waals surface area contributed by atoms with Crippen LogP contribution < -0.4 is 28.1 Å². The topological polar surface area (TPSA) is 12.0 Å². The van der Waals surface area contributed by atoms with E-state index in [2.05, 4.69) is 52.8 Å². The Hall–Kier alpha value is 0.600. The van der Waals surface area contributed by atoms with Gasteiger partial charge in [0.05, 0.1) is 0 Å². The molecule has 1 fully saturated rings. The van der Waals surface area contributed by atoms with Crippen molar-refractivity contribution in [3.63, 3.8) is 0 Å². The summed E-state index contributed by atoms with van der Waals surface area (Å²) in [6.07, 6.45) is 12.1. The molecule has 0 aromatic heterocycles. The van der Waals surface area contributed by atoms with Crippen LogP contribution in [0.25, 0.3) is 6.08 Å². The van der Waals surface area contributed by atoms with Crippen LogP contribution >= 0.6 is 0 Å². The zero-order valence-corrected chi connectivity index (χ0v) is 18.4. The van der Waals surface area contributed by atoms with Gasteiger partial charge in [-0.15, -0.1) is 0 Å². The first-order valence-corrected chi connectivity index (χ1v) is 16.8. The largest absolute Gasteiger partial charge is 1.00 e. The van der Waals surface area contributed by atoms with Crippen molar-refractivity contribution in [3.05, 3.63) is 41.5 Å². The molecule has 0 heterocycles. The molecule has 0 radical (unpaired) electrons. The van der Waals surface area contributed by atoms with Crippen molar-refractivity contribution in [2.24, 2.45) is 0 Å². The van der Waals surface area contributed by atoms with E-state index in [1.54, 1.807) is 5.56 Å². The van der Waals surface area contributed by atoms with E-state index < -0.39 is 20.7 Å². The number of hydrogen-bond acceptors (Lipinski definition) is 1. The van der Waals surface area contributed by atoms with Gasteiger partial charge < -0.3 is 24.8 Å². The molecule has 2 aliphatic carbocycles. The van der Waals surface area contributed by atoms with Crippen LogP contribution in [0.1, 0.15) is 46.9 Å². The molecule has 1 unspecified atom stereocenters. The molecule has 1 aromatic rings.